The van der Waals surface area contributed by atoms with Gasteiger partial charge >= 0.3 is 5.97 Å². The van der Waals surface area contributed by atoms with Crippen LogP contribution >= 0.6 is 11.6 Å². The molecule has 2 aliphatic rings. The molecule has 1 saturated heterocycles. The lowest BCUT2D eigenvalue weighted by Gasteiger charge is -2.46. The lowest BCUT2D eigenvalue weighted by atomic mass is 9.88. The van der Waals surface area contributed by atoms with Gasteiger partial charge in [0.2, 0.25) is 0 Å². The number of unbranched alkanes of at least 4 members (excludes halogenated alkanes) is 3. The molecule has 9 nitrogen and oxygen atoms in total. The quantitative estimate of drug-likeness (QED) is 0.0908. The Bertz CT molecular complexity index is 1290. The van der Waals surface area contributed by atoms with E-state index in [1.165, 1.54) is 6.92 Å². The normalized spacial score (nSPS) is 24.6. The Balaban J connectivity index is 1.78. The van der Waals surface area contributed by atoms with E-state index in [4.69, 9.17) is 44.8 Å². The van der Waals surface area contributed by atoms with Crippen LogP contribution in [0.5, 0.6) is 11.5 Å². The van der Waals surface area contributed by atoms with Gasteiger partial charge in [0.1, 0.15) is 48.6 Å². The fourth-order valence-electron chi connectivity index (χ4n) is 6.29. The average Bonchev–Trinajstić information content (AvgIpc) is 3.88. The Morgan fingerprint density at radius 3 is 2.06 bits per heavy atom. The number of halogens is 1. The van der Waals surface area contributed by atoms with E-state index in [-0.39, 0.29) is 25.0 Å². The van der Waals surface area contributed by atoms with Gasteiger partial charge in [-0.15, -0.1) is 0 Å². The summed E-state index contributed by atoms with van der Waals surface area (Å²) < 4.78 is 44.6. The van der Waals surface area contributed by atoms with Gasteiger partial charge in [0, 0.05) is 43.9 Å². The summed E-state index contributed by atoms with van der Waals surface area (Å²) in [6.45, 7) is 12.6. The minimum absolute atomic E-state index is 0.0149. The zero-order chi connectivity index (χ0) is 35.9. The predicted octanol–water partition coefficient (Wildman–Crippen LogP) is 7.90. The Morgan fingerprint density at radius 1 is 0.840 bits per heavy atom. The predicted molar refractivity (Wildman–Crippen MR) is 194 cm³/mol. The average molecular weight is 719 g/mol. The molecule has 2 aromatic carbocycles. The van der Waals surface area contributed by atoms with Crippen LogP contribution in [-0.2, 0) is 34.9 Å². The minimum Gasteiger partial charge on any atom is -0.494 e. The molecule has 10 heteroatoms. The summed E-state index contributed by atoms with van der Waals surface area (Å²) in [4.78, 5) is 12.1. The van der Waals surface area contributed by atoms with Crippen LogP contribution in [0.15, 0.2) is 36.4 Å². The second-order valence-corrected chi connectivity index (χ2v) is 13.9. The Kier molecular flexibility index (Phi) is 17.1. The molecule has 0 aromatic heterocycles. The number of ether oxygens (including phenoxy) is 7. The van der Waals surface area contributed by atoms with Gasteiger partial charge in [-0.2, -0.15) is 0 Å². The van der Waals surface area contributed by atoms with Crippen molar-refractivity contribution in [3.8, 4) is 11.5 Å². The van der Waals surface area contributed by atoms with E-state index in [0.717, 1.165) is 67.4 Å². The first-order valence-electron chi connectivity index (χ1n) is 18.7. The lowest BCUT2D eigenvalue weighted by molar-refractivity contribution is -0.267. The molecule has 1 heterocycles. The van der Waals surface area contributed by atoms with Crippen LogP contribution < -0.4 is 9.47 Å². The first kappa shape index (κ1) is 40.4. The molecule has 50 heavy (non-hydrogen) atoms. The number of carbonyl (C=O) groups is 1. The molecule has 1 aliphatic carbocycles. The highest BCUT2D eigenvalue weighted by Crippen LogP contribution is 2.44. The van der Waals surface area contributed by atoms with Gasteiger partial charge in [-0.05, 0) is 86.3 Å². The molecule has 2 aromatic rings. The third-order valence-corrected chi connectivity index (χ3v) is 9.73. The molecule has 2 fully saturated rings. The fourth-order valence-corrected chi connectivity index (χ4v) is 6.51. The summed E-state index contributed by atoms with van der Waals surface area (Å²) in [5.41, 5.74) is 2.79. The van der Waals surface area contributed by atoms with Gasteiger partial charge in [-0.3, -0.25) is 4.79 Å². The van der Waals surface area contributed by atoms with E-state index >= 15 is 0 Å². The van der Waals surface area contributed by atoms with Gasteiger partial charge in [0.25, 0.3) is 0 Å². The van der Waals surface area contributed by atoms with E-state index in [1.807, 2.05) is 37.3 Å². The highest BCUT2D eigenvalue weighted by Gasteiger charge is 2.50. The van der Waals surface area contributed by atoms with Crippen molar-refractivity contribution < 1.29 is 43.1 Å². The van der Waals surface area contributed by atoms with Crippen LogP contribution in [-0.4, -0.2) is 81.7 Å². The molecule has 7 atom stereocenters. The van der Waals surface area contributed by atoms with E-state index in [0.29, 0.717) is 50.2 Å². The van der Waals surface area contributed by atoms with Crippen LogP contribution in [0, 0.1) is 11.8 Å². The zero-order valence-electron chi connectivity index (χ0n) is 30.7. The maximum absolute atomic E-state index is 12.1. The summed E-state index contributed by atoms with van der Waals surface area (Å²) in [5.74, 6) is 1.55. The third-order valence-electron chi connectivity index (χ3n) is 9.38. The first-order valence-corrected chi connectivity index (χ1v) is 19.1. The Hall–Kier alpha value is -2.40. The maximum atomic E-state index is 12.1. The molecule has 0 radical (unpaired) electrons. The number of hydrogen-bond donors (Lipinski definition) is 1. The summed E-state index contributed by atoms with van der Waals surface area (Å²) in [6, 6.07) is 12.0. The Morgan fingerprint density at radius 2 is 1.48 bits per heavy atom. The summed E-state index contributed by atoms with van der Waals surface area (Å²) in [5, 5.41) is 10.3. The molecule has 0 bridgehead atoms. The maximum Gasteiger partial charge on any atom is 0.302 e. The number of rotatable bonds is 23. The number of aliphatic hydroxyl groups is 1. The van der Waals surface area contributed by atoms with E-state index in [2.05, 4.69) is 26.8 Å². The van der Waals surface area contributed by atoms with Crippen LogP contribution in [0.4, 0.5) is 0 Å². The Labute approximate surface area is 304 Å². The standard InChI is InChI=1S/C40H59ClO9/c1-6-10-17-45-38-36(26-48-27(5)43)50-37(39(46-18-11-7-2)40(38)47-19-12-8-3)33-22-29(20-28-13-15-32(16-14-28)44-9-4)34(41)23-35(33)49-25-31-21-30(31)24-42/h13-16,22-23,30-31,36-40,42H,6-12,17-21,24-26H2,1-5H3/t30?,31?,36-,37+,38-,39+,40+/m1/s1. The van der Waals surface area contributed by atoms with Crippen molar-refractivity contribution in [1.82, 2.24) is 0 Å². The molecule has 0 amide bonds. The van der Waals surface area contributed by atoms with Crippen LogP contribution in [0.2, 0.25) is 5.02 Å². The van der Waals surface area contributed by atoms with Crippen molar-refractivity contribution in [3.63, 3.8) is 0 Å². The van der Waals surface area contributed by atoms with Crippen molar-refractivity contribution in [3.05, 3.63) is 58.1 Å². The number of benzene rings is 2. The van der Waals surface area contributed by atoms with Gasteiger partial charge in [-0.25, -0.2) is 0 Å². The molecule has 280 valence electrons. The van der Waals surface area contributed by atoms with E-state index in [1.54, 1.807) is 0 Å². The molecular formula is C40H59ClO9. The van der Waals surface area contributed by atoms with Crippen molar-refractivity contribution in [2.45, 2.75) is 117 Å². The van der Waals surface area contributed by atoms with Gasteiger partial charge < -0.3 is 38.3 Å². The SMILES string of the molecule is CCCCO[C@@H]1[C@@H](OCCCC)[C@H](c2cc(Cc3ccc(OCC)cc3)c(Cl)cc2OCC2CC2CO)O[C@H](COC(C)=O)[C@H]1OCCCC. The highest BCUT2D eigenvalue weighted by molar-refractivity contribution is 6.31. The minimum atomic E-state index is -0.635. The third kappa shape index (κ3) is 11.8. The summed E-state index contributed by atoms with van der Waals surface area (Å²) in [7, 11) is 0. The van der Waals surface area contributed by atoms with E-state index < -0.39 is 36.5 Å². The number of hydrogen-bond acceptors (Lipinski definition) is 9. The second-order valence-electron chi connectivity index (χ2n) is 13.4. The number of aliphatic hydroxyl groups excluding tert-OH is 1. The summed E-state index contributed by atoms with van der Waals surface area (Å²) >= 11 is 7.00. The number of carbonyl (C=O) groups excluding carboxylic acids is 1. The lowest BCUT2D eigenvalue weighted by Crippen LogP contribution is -2.58. The molecule has 2 unspecified atom stereocenters. The van der Waals surface area contributed by atoms with Crippen molar-refractivity contribution >= 4 is 17.6 Å². The molecular weight excluding hydrogens is 660 g/mol. The van der Waals surface area contributed by atoms with E-state index in [9.17, 15) is 9.90 Å². The molecule has 0 spiro atoms. The van der Waals surface area contributed by atoms with Crippen molar-refractivity contribution in [2.24, 2.45) is 11.8 Å². The van der Waals surface area contributed by atoms with Crippen molar-refractivity contribution in [1.29, 1.82) is 0 Å². The largest absolute Gasteiger partial charge is 0.494 e. The highest BCUT2D eigenvalue weighted by atomic mass is 35.5. The molecule has 4 rings (SSSR count). The van der Waals surface area contributed by atoms with Gasteiger partial charge in [-0.1, -0.05) is 63.8 Å². The zero-order valence-corrected chi connectivity index (χ0v) is 31.5. The van der Waals surface area contributed by atoms with Crippen LogP contribution in [0.25, 0.3) is 0 Å². The fraction of sp³-hybridized carbons (Fsp3) is 0.675. The van der Waals surface area contributed by atoms with Gasteiger partial charge in [0.15, 0.2) is 0 Å². The molecule has 1 saturated carbocycles. The first-order chi connectivity index (χ1) is 24.3. The molecule has 1 N–H and O–H groups in total. The number of esters is 1. The molecule has 1 aliphatic heterocycles. The van der Waals surface area contributed by atoms with Crippen molar-refractivity contribution in [2.75, 3.05) is 46.2 Å². The van der Waals surface area contributed by atoms with Gasteiger partial charge in [0.05, 0.1) is 13.2 Å². The van der Waals surface area contributed by atoms with Crippen LogP contribution in [0.3, 0.4) is 0 Å². The van der Waals surface area contributed by atoms with Crippen LogP contribution in [0.1, 0.15) is 102 Å². The summed E-state index contributed by atoms with van der Waals surface area (Å²) in [6.07, 6.45) is 4.28. The smallest absolute Gasteiger partial charge is 0.302 e. The topological polar surface area (TPSA) is 102 Å². The second kappa shape index (κ2) is 21.2. The monoisotopic (exact) mass is 718 g/mol.